The summed E-state index contributed by atoms with van der Waals surface area (Å²) >= 11 is 0. The number of amides is 1. The Bertz CT molecular complexity index is 1170. The molecule has 0 atom stereocenters. The average Bonchev–Trinajstić information content (AvgIpc) is 3.03. The highest BCUT2D eigenvalue weighted by Crippen LogP contribution is 2.19. The van der Waals surface area contributed by atoms with Crippen LogP contribution in [0.3, 0.4) is 0 Å². The molecule has 0 fully saturated rings. The van der Waals surface area contributed by atoms with Gasteiger partial charge in [-0.25, -0.2) is 4.68 Å². The molecule has 0 aliphatic heterocycles. The molecule has 7 heteroatoms. The van der Waals surface area contributed by atoms with E-state index >= 15 is 0 Å². The van der Waals surface area contributed by atoms with Crippen LogP contribution in [0.25, 0.3) is 5.82 Å². The number of nitrogens with zero attached hydrogens (tertiary/aromatic N) is 4. The highest BCUT2D eigenvalue weighted by molar-refractivity contribution is 6.04. The third kappa shape index (κ3) is 4.05. The molecular weight excluding hydrogens is 376 g/mol. The number of carbonyl (C=O) groups is 1. The molecular formula is C23H22N6O. The van der Waals surface area contributed by atoms with Gasteiger partial charge in [0.1, 0.15) is 0 Å². The van der Waals surface area contributed by atoms with E-state index in [9.17, 15) is 4.79 Å². The molecule has 2 aromatic carbocycles. The Hall–Kier alpha value is -4.00. The Morgan fingerprint density at radius 2 is 1.53 bits per heavy atom. The lowest BCUT2D eigenvalue weighted by Crippen LogP contribution is -2.11. The molecule has 0 unspecified atom stereocenters. The molecule has 7 nitrogen and oxygen atoms in total. The summed E-state index contributed by atoms with van der Waals surface area (Å²) in [6.45, 7) is 6.04. The van der Waals surface area contributed by atoms with Crippen molar-refractivity contribution in [2.24, 2.45) is 0 Å². The van der Waals surface area contributed by atoms with Gasteiger partial charge in [0.2, 0.25) is 0 Å². The second-order valence-corrected chi connectivity index (χ2v) is 7.01. The van der Waals surface area contributed by atoms with E-state index < -0.39 is 0 Å². The van der Waals surface area contributed by atoms with E-state index in [4.69, 9.17) is 0 Å². The molecule has 4 rings (SSSR count). The fraction of sp³-hybridized carbons (Fsp3) is 0.130. The first-order valence-corrected chi connectivity index (χ1v) is 9.61. The third-order valence-corrected chi connectivity index (χ3v) is 4.97. The van der Waals surface area contributed by atoms with Crippen molar-refractivity contribution in [3.05, 3.63) is 89.2 Å². The van der Waals surface area contributed by atoms with Crippen molar-refractivity contribution >= 4 is 23.1 Å². The minimum absolute atomic E-state index is 0.142. The number of benzene rings is 2. The first-order chi connectivity index (χ1) is 14.5. The summed E-state index contributed by atoms with van der Waals surface area (Å²) in [6, 6.07) is 20.3. The third-order valence-electron chi connectivity index (χ3n) is 4.97. The van der Waals surface area contributed by atoms with E-state index in [2.05, 4.69) is 25.9 Å². The van der Waals surface area contributed by atoms with Crippen molar-refractivity contribution < 1.29 is 4.79 Å². The molecule has 1 amide bonds. The predicted molar refractivity (Wildman–Crippen MR) is 117 cm³/mol. The first kappa shape index (κ1) is 19.3. The fourth-order valence-corrected chi connectivity index (χ4v) is 3.03. The van der Waals surface area contributed by atoms with Crippen molar-refractivity contribution in [2.45, 2.75) is 20.8 Å². The number of aromatic nitrogens is 4. The Labute approximate surface area is 174 Å². The first-order valence-electron chi connectivity index (χ1n) is 9.61. The predicted octanol–water partition coefficient (Wildman–Crippen LogP) is 4.58. The average molecular weight is 398 g/mol. The Morgan fingerprint density at radius 1 is 0.833 bits per heavy atom. The maximum Gasteiger partial charge on any atom is 0.255 e. The van der Waals surface area contributed by atoms with Gasteiger partial charge in [0.15, 0.2) is 11.6 Å². The van der Waals surface area contributed by atoms with Crippen LogP contribution in [-0.2, 0) is 0 Å². The van der Waals surface area contributed by atoms with Crippen LogP contribution < -0.4 is 10.6 Å². The van der Waals surface area contributed by atoms with E-state index in [1.54, 1.807) is 16.8 Å². The second-order valence-electron chi connectivity index (χ2n) is 7.01. The molecule has 0 saturated carbocycles. The smallest absolute Gasteiger partial charge is 0.255 e. The summed E-state index contributed by atoms with van der Waals surface area (Å²) in [6.07, 6.45) is 0. The van der Waals surface area contributed by atoms with Crippen LogP contribution in [0.5, 0.6) is 0 Å². The normalized spacial score (nSPS) is 10.6. The van der Waals surface area contributed by atoms with Gasteiger partial charge >= 0.3 is 0 Å². The molecule has 2 heterocycles. The molecule has 0 aliphatic rings. The van der Waals surface area contributed by atoms with E-state index in [0.717, 1.165) is 28.3 Å². The van der Waals surface area contributed by atoms with E-state index in [1.165, 1.54) is 0 Å². The van der Waals surface area contributed by atoms with Crippen LogP contribution in [0.2, 0.25) is 0 Å². The highest BCUT2D eigenvalue weighted by atomic mass is 16.1. The van der Waals surface area contributed by atoms with Gasteiger partial charge in [0, 0.05) is 22.6 Å². The Balaban J connectivity index is 1.42. The molecule has 0 spiro atoms. The fourth-order valence-electron chi connectivity index (χ4n) is 3.03. The minimum Gasteiger partial charge on any atom is -0.339 e. The van der Waals surface area contributed by atoms with Crippen LogP contribution in [0.15, 0.2) is 66.7 Å². The van der Waals surface area contributed by atoms with Gasteiger partial charge in [0.05, 0.1) is 5.69 Å². The SMILES string of the molecule is Cc1nn(-c2ccc(Nc3ccc(NC(=O)c4ccccc4)cc3)nn2)c(C)c1C. The maximum absolute atomic E-state index is 12.2. The molecule has 0 bridgehead atoms. The van der Waals surface area contributed by atoms with E-state index in [0.29, 0.717) is 17.2 Å². The van der Waals surface area contributed by atoms with Gasteiger partial charge in [-0.15, -0.1) is 10.2 Å². The molecule has 0 saturated heterocycles. The van der Waals surface area contributed by atoms with Crippen LogP contribution in [0, 0.1) is 20.8 Å². The molecule has 2 N–H and O–H groups in total. The number of hydrogen-bond donors (Lipinski definition) is 2. The van der Waals surface area contributed by atoms with Crippen molar-refractivity contribution in [2.75, 3.05) is 10.6 Å². The summed E-state index contributed by atoms with van der Waals surface area (Å²) in [5, 5.41) is 19.1. The van der Waals surface area contributed by atoms with Crippen LogP contribution in [0.1, 0.15) is 27.3 Å². The summed E-state index contributed by atoms with van der Waals surface area (Å²) in [4.78, 5) is 12.2. The molecule has 0 radical (unpaired) electrons. The zero-order chi connectivity index (χ0) is 21.1. The van der Waals surface area contributed by atoms with Gasteiger partial charge < -0.3 is 10.6 Å². The minimum atomic E-state index is -0.142. The standard InChI is InChI=1S/C23H22N6O/c1-15-16(2)28-29(17(15)3)22-14-13-21(26-27-22)24-19-9-11-20(12-10-19)25-23(30)18-7-5-4-6-8-18/h4-14H,1-3H3,(H,24,26)(H,25,30). The number of hydrogen-bond acceptors (Lipinski definition) is 5. The lowest BCUT2D eigenvalue weighted by Gasteiger charge is -2.09. The second kappa shape index (κ2) is 8.16. The van der Waals surface area contributed by atoms with Crippen molar-refractivity contribution in [1.29, 1.82) is 0 Å². The largest absolute Gasteiger partial charge is 0.339 e. The number of rotatable bonds is 5. The maximum atomic E-state index is 12.2. The van der Waals surface area contributed by atoms with Crippen molar-refractivity contribution in [3.8, 4) is 5.82 Å². The summed E-state index contributed by atoms with van der Waals surface area (Å²) in [5.41, 5.74) is 5.37. The van der Waals surface area contributed by atoms with E-state index in [1.807, 2.05) is 75.4 Å². The molecule has 4 aromatic rings. The van der Waals surface area contributed by atoms with Crippen molar-refractivity contribution in [1.82, 2.24) is 20.0 Å². The molecule has 30 heavy (non-hydrogen) atoms. The molecule has 0 aliphatic carbocycles. The van der Waals surface area contributed by atoms with Gasteiger partial charge in [-0.2, -0.15) is 5.10 Å². The lowest BCUT2D eigenvalue weighted by atomic mass is 10.2. The highest BCUT2D eigenvalue weighted by Gasteiger charge is 2.10. The quantitative estimate of drug-likeness (QED) is 0.514. The summed E-state index contributed by atoms with van der Waals surface area (Å²) in [5.74, 6) is 1.16. The van der Waals surface area contributed by atoms with Crippen LogP contribution in [0.4, 0.5) is 17.2 Å². The Morgan fingerprint density at radius 3 is 2.13 bits per heavy atom. The zero-order valence-corrected chi connectivity index (χ0v) is 17.0. The van der Waals surface area contributed by atoms with Gasteiger partial charge in [0.25, 0.3) is 5.91 Å². The van der Waals surface area contributed by atoms with Crippen LogP contribution in [-0.4, -0.2) is 25.9 Å². The molecule has 2 aromatic heterocycles. The van der Waals surface area contributed by atoms with Gasteiger partial charge in [-0.3, -0.25) is 4.79 Å². The monoisotopic (exact) mass is 398 g/mol. The summed E-state index contributed by atoms with van der Waals surface area (Å²) in [7, 11) is 0. The van der Waals surface area contributed by atoms with E-state index in [-0.39, 0.29) is 5.91 Å². The Kier molecular flexibility index (Phi) is 5.26. The zero-order valence-electron chi connectivity index (χ0n) is 17.0. The van der Waals surface area contributed by atoms with Crippen LogP contribution >= 0.6 is 0 Å². The van der Waals surface area contributed by atoms with Crippen molar-refractivity contribution in [3.63, 3.8) is 0 Å². The number of nitrogens with one attached hydrogen (secondary N) is 2. The summed E-state index contributed by atoms with van der Waals surface area (Å²) < 4.78 is 1.80. The number of carbonyl (C=O) groups excluding carboxylic acids is 1. The topological polar surface area (TPSA) is 84.7 Å². The molecule has 150 valence electrons. The number of aryl methyl sites for hydroxylation is 1. The van der Waals surface area contributed by atoms with Gasteiger partial charge in [-0.1, -0.05) is 18.2 Å². The number of anilines is 3. The van der Waals surface area contributed by atoms with Gasteiger partial charge in [-0.05, 0) is 74.9 Å². The lowest BCUT2D eigenvalue weighted by molar-refractivity contribution is 0.102.